The van der Waals surface area contributed by atoms with E-state index in [0.717, 1.165) is 28.4 Å². The third kappa shape index (κ3) is 7.41. The molecule has 0 saturated carbocycles. The Bertz CT molecular complexity index is 1300. The molecule has 2 atom stereocenters. The normalized spacial score (nSPS) is 12.8. The van der Waals surface area contributed by atoms with E-state index in [1.54, 1.807) is 37.3 Å². The van der Waals surface area contributed by atoms with Crippen molar-refractivity contribution < 1.29 is 22.4 Å². The monoisotopic (exact) mass is 539 g/mol. The SMILES string of the molecule is CC[C@@H](C)NC(=O)[C@H](C)N(CCc1ccccc1)C(=O)CN(c1ccccc1)S(=O)(=O)c1ccc(F)cc1. The predicted octanol–water partition coefficient (Wildman–Crippen LogP) is 4.40. The van der Waals surface area contributed by atoms with Crippen LogP contribution in [-0.2, 0) is 26.0 Å². The first-order chi connectivity index (χ1) is 18.1. The maximum Gasteiger partial charge on any atom is 0.264 e. The lowest BCUT2D eigenvalue weighted by molar-refractivity contribution is -0.139. The van der Waals surface area contributed by atoms with Crippen LogP contribution < -0.4 is 9.62 Å². The average Bonchev–Trinajstić information content (AvgIpc) is 2.92. The number of hydrogen-bond acceptors (Lipinski definition) is 4. The fraction of sp³-hybridized carbons (Fsp3) is 0.310. The fourth-order valence-corrected chi connectivity index (χ4v) is 5.31. The van der Waals surface area contributed by atoms with Crippen molar-refractivity contribution in [2.45, 2.75) is 50.6 Å². The molecule has 0 radical (unpaired) electrons. The Kier molecular flexibility index (Phi) is 10.0. The smallest absolute Gasteiger partial charge is 0.264 e. The maximum atomic E-state index is 13.8. The summed E-state index contributed by atoms with van der Waals surface area (Å²) in [5.41, 5.74) is 1.27. The van der Waals surface area contributed by atoms with Gasteiger partial charge in [-0.3, -0.25) is 13.9 Å². The molecule has 0 heterocycles. The minimum Gasteiger partial charge on any atom is -0.352 e. The first kappa shape index (κ1) is 28.8. The maximum absolute atomic E-state index is 13.8. The highest BCUT2D eigenvalue weighted by atomic mass is 32.2. The van der Waals surface area contributed by atoms with Crippen LogP contribution in [0.15, 0.2) is 89.8 Å². The van der Waals surface area contributed by atoms with E-state index < -0.39 is 34.3 Å². The van der Waals surface area contributed by atoms with Gasteiger partial charge < -0.3 is 10.2 Å². The van der Waals surface area contributed by atoms with Crippen LogP contribution in [0.1, 0.15) is 32.8 Å². The van der Waals surface area contributed by atoms with Crippen LogP contribution in [0.2, 0.25) is 0 Å². The lowest BCUT2D eigenvalue weighted by atomic mass is 10.1. The quantitative estimate of drug-likeness (QED) is 0.370. The molecule has 0 aliphatic rings. The number of nitrogens with zero attached hydrogens (tertiary/aromatic N) is 2. The van der Waals surface area contributed by atoms with E-state index in [-0.39, 0.29) is 29.1 Å². The van der Waals surface area contributed by atoms with Gasteiger partial charge in [0.2, 0.25) is 11.8 Å². The van der Waals surface area contributed by atoms with Crippen molar-refractivity contribution in [3.05, 3.63) is 96.3 Å². The number of sulfonamides is 1. The minimum atomic E-state index is -4.22. The number of halogens is 1. The summed E-state index contributed by atoms with van der Waals surface area (Å²) in [6.07, 6.45) is 1.22. The van der Waals surface area contributed by atoms with Crippen molar-refractivity contribution in [3.63, 3.8) is 0 Å². The van der Waals surface area contributed by atoms with Crippen LogP contribution in [0.4, 0.5) is 10.1 Å². The molecule has 1 N–H and O–H groups in total. The molecule has 38 heavy (non-hydrogen) atoms. The average molecular weight is 540 g/mol. The molecule has 7 nitrogen and oxygen atoms in total. The minimum absolute atomic E-state index is 0.0734. The zero-order valence-electron chi connectivity index (χ0n) is 21.9. The molecule has 0 unspecified atom stereocenters. The second-order valence-electron chi connectivity index (χ2n) is 9.12. The summed E-state index contributed by atoms with van der Waals surface area (Å²) in [5, 5.41) is 2.91. The molecule has 202 valence electrons. The van der Waals surface area contributed by atoms with Crippen molar-refractivity contribution in [2.75, 3.05) is 17.4 Å². The molecule has 2 amide bonds. The second kappa shape index (κ2) is 13.2. The summed E-state index contributed by atoms with van der Waals surface area (Å²) >= 11 is 0. The highest BCUT2D eigenvalue weighted by Crippen LogP contribution is 2.24. The first-order valence-corrected chi connectivity index (χ1v) is 14.0. The van der Waals surface area contributed by atoms with Gasteiger partial charge >= 0.3 is 0 Å². The third-order valence-corrected chi connectivity index (χ3v) is 8.17. The van der Waals surface area contributed by atoms with Crippen molar-refractivity contribution in [1.82, 2.24) is 10.2 Å². The lowest BCUT2D eigenvalue weighted by Crippen LogP contribution is -2.53. The Labute approximate surface area is 224 Å². The van der Waals surface area contributed by atoms with Gasteiger partial charge in [-0.15, -0.1) is 0 Å². The largest absolute Gasteiger partial charge is 0.352 e. The highest BCUT2D eigenvalue weighted by Gasteiger charge is 2.32. The number of anilines is 1. The summed E-state index contributed by atoms with van der Waals surface area (Å²) in [4.78, 5) is 28.0. The molecule has 0 spiro atoms. The van der Waals surface area contributed by atoms with Crippen molar-refractivity contribution >= 4 is 27.5 Å². The van der Waals surface area contributed by atoms with Gasteiger partial charge in [-0.05, 0) is 68.7 Å². The predicted molar refractivity (Wildman–Crippen MR) is 147 cm³/mol. The number of hydrogen-bond donors (Lipinski definition) is 1. The molecule has 0 aliphatic heterocycles. The van der Waals surface area contributed by atoms with Gasteiger partial charge in [-0.1, -0.05) is 55.5 Å². The van der Waals surface area contributed by atoms with Crippen molar-refractivity contribution in [1.29, 1.82) is 0 Å². The molecular weight excluding hydrogens is 505 g/mol. The van der Waals surface area contributed by atoms with Crippen molar-refractivity contribution in [3.8, 4) is 0 Å². The number of amides is 2. The molecule has 0 fully saturated rings. The molecule has 0 bridgehead atoms. The van der Waals surface area contributed by atoms with Gasteiger partial charge in [0.05, 0.1) is 10.6 Å². The van der Waals surface area contributed by atoms with Gasteiger partial charge in [0.1, 0.15) is 18.4 Å². The number of carbonyl (C=O) groups is 2. The Hall–Kier alpha value is -3.72. The molecule has 0 saturated heterocycles. The Morgan fingerprint density at radius 1 is 0.895 bits per heavy atom. The Morgan fingerprint density at radius 2 is 1.47 bits per heavy atom. The summed E-state index contributed by atoms with van der Waals surface area (Å²) < 4.78 is 41.8. The number of carbonyl (C=O) groups excluding carboxylic acids is 2. The van der Waals surface area contributed by atoms with E-state index >= 15 is 0 Å². The van der Waals surface area contributed by atoms with E-state index in [0.29, 0.717) is 6.42 Å². The molecule has 3 rings (SSSR count). The number of para-hydroxylation sites is 1. The standard InChI is InChI=1S/C29H34FN3O4S/c1-4-22(2)31-29(35)23(3)32(20-19-24-11-7-5-8-12-24)28(34)21-33(26-13-9-6-10-14-26)38(36,37)27-17-15-25(30)16-18-27/h5-18,22-23H,4,19-21H2,1-3H3,(H,31,35)/t22-,23+/m1/s1. The van der Waals surface area contributed by atoms with E-state index in [9.17, 15) is 22.4 Å². The van der Waals surface area contributed by atoms with Crippen molar-refractivity contribution in [2.24, 2.45) is 0 Å². The number of benzene rings is 3. The molecule has 0 aromatic heterocycles. The topological polar surface area (TPSA) is 86.8 Å². The van der Waals surface area contributed by atoms with E-state index in [4.69, 9.17) is 0 Å². The zero-order valence-corrected chi connectivity index (χ0v) is 22.7. The van der Waals surface area contributed by atoms with E-state index in [1.807, 2.05) is 44.2 Å². The van der Waals surface area contributed by atoms with E-state index in [1.165, 1.54) is 17.0 Å². The Morgan fingerprint density at radius 3 is 2.05 bits per heavy atom. The van der Waals surface area contributed by atoms with Crippen LogP contribution in [0, 0.1) is 5.82 Å². The Balaban J connectivity index is 1.94. The fourth-order valence-electron chi connectivity index (χ4n) is 3.89. The van der Waals surface area contributed by atoms with Crippen LogP contribution >= 0.6 is 0 Å². The number of rotatable bonds is 12. The molecule has 9 heteroatoms. The summed E-state index contributed by atoms with van der Waals surface area (Å²) in [7, 11) is -4.22. The van der Waals surface area contributed by atoms with Gasteiger partial charge in [0, 0.05) is 12.6 Å². The number of nitrogens with one attached hydrogen (secondary N) is 1. The lowest BCUT2D eigenvalue weighted by Gasteiger charge is -2.32. The molecule has 3 aromatic carbocycles. The third-order valence-electron chi connectivity index (χ3n) is 6.38. The van der Waals surface area contributed by atoms with Gasteiger partial charge in [-0.2, -0.15) is 0 Å². The second-order valence-corrected chi connectivity index (χ2v) is 11.0. The molecule has 3 aromatic rings. The van der Waals surface area contributed by atoms with Gasteiger partial charge in [0.25, 0.3) is 10.0 Å². The summed E-state index contributed by atoms with van der Waals surface area (Å²) in [5.74, 6) is -1.41. The molecule has 0 aliphatic carbocycles. The van der Waals surface area contributed by atoms with Gasteiger partial charge in [-0.25, -0.2) is 12.8 Å². The summed E-state index contributed by atoms with van der Waals surface area (Å²) in [6.45, 7) is 5.16. The first-order valence-electron chi connectivity index (χ1n) is 12.6. The highest BCUT2D eigenvalue weighted by molar-refractivity contribution is 7.92. The van der Waals surface area contributed by atoms with Crippen LogP contribution in [0.5, 0.6) is 0 Å². The zero-order chi connectivity index (χ0) is 27.7. The summed E-state index contributed by atoms with van der Waals surface area (Å²) in [6, 6.07) is 21.4. The van der Waals surface area contributed by atoms with Gasteiger partial charge in [0.15, 0.2) is 0 Å². The van der Waals surface area contributed by atoms with E-state index in [2.05, 4.69) is 5.32 Å². The van der Waals surface area contributed by atoms with Crippen LogP contribution in [0.3, 0.4) is 0 Å². The molecular formula is C29H34FN3O4S. The van der Waals surface area contributed by atoms with Crippen LogP contribution in [-0.4, -0.2) is 50.3 Å². The van der Waals surface area contributed by atoms with Crippen LogP contribution in [0.25, 0.3) is 0 Å².